The molecule has 0 bridgehead atoms. The van der Waals surface area contributed by atoms with Crippen molar-refractivity contribution in [3.63, 3.8) is 0 Å². The molecular formula is C10H20N2O4. The van der Waals surface area contributed by atoms with Gasteiger partial charge in [0.1, 0.15) is 6.04 Å². The van der Waals surface area contributed by atoms with Gasteiger partial charge in [0, 0.05) is 20.6 Å². The third-order valence-electron chi connectivity index (χ3n) is 2.45. The molecule has 0 aromatic rings. The Hall–Kier alpha value is -1.30. The molecule has 2 amide bonds. The van der Waals surface area contributed by atoms with Gasteiger partial charge in [-0.15, -0.1) is 0 Å². The minimum absolute atomic E-state index is 0.365. The van der Waals surface area contributed by atoms with E-state index in [1.807, 2.05) is 0 Å². The SMILES string of the molecule is CC(O)CCN(C)C(=O)N(C)C(C)C(=O)O. The van der Waals surface area contributed by atoms with E-state index in [2.05, 4.69) is 0 Å². The second kappa shape index (κ2) is 6.32. The fraction of sp³-hybridized carbons (Fsp3) is 0.800. The molecule has 0 aliphatic carbocycles. The van der Waals surface area contributed by atoms with Crippen LogP contribution in [0.25, 0.3) is 0 Å². The molecule has 0 heterocycles. The maximum Gasteiger partial charge on any atom is 0.326 e. The molecule has 0 fully saturated rings. The van der Waals surface area contributed by atoms with E-state index in [-0.39, 0.29) is 6.03 Å². The Morgan fingerprint density at radius 2 is 1.75 bits per heavy atom. The van der Waals surface area contributed by atoms with Gasteiger partial charge in [-0.2, -0.15) is 0 Å². The summed E-state index contributed by atoms with van der Waals surface area (Å²) < 4.78 is 0. The molecule has 94 valence electrons. The maximum absolute atomic E-state index is 11.7. The second-order valence-electron chi connectivity index (χ2n) is 3.97. The van der Waals surface area contributed by atoms with E-state index < -0.39 is 18.1 Å². The van der Waals surface area contributed by atoms with E-state index in [0.717, 1.165) is 4.90 Å². The largest absolute Gasteiger partial charge is 0.480 e. The van der Waals surface area contributed by atoms with Crippen molar-refractivity contribution in [2.75, 3.05) is 20.6 Å². The van der Waals surface area contributed by atoms with Crippen LogP contribution < -0.4 is 0 Å². The molecule has 2 atom stereocenters. The summed E-state index contributed by atoms with van der Waals surface area (Å²) >= 11 is 0. The molecule has 6 heteroatoms. The third kappa shape index (κ3) is 4.48. The summed E-state index contributed by atoms with van der Waals surface area (Å²) in [5.74, 6) is -1.04. The summed E-state index contributed by atoms with van der Waals surface area (Å²) in [6.07, 6.45) is -0.00481. The number of likely N-dealkylation sites (N-methyl/N-ethyl adjacent to an activating group) is 1. The Morgan fingerprint density at radius 1 is 1.25 bits per heavy atom. The van der Waals surface area contributed by atoms with E-state index in [1.54, 1.807) is 14.0 Å². The normalized spacial score (nSPS) is 14.1. The Balaban J connectivity index is 4.26. The quantitative estimate of drug-likeness (QED) is 0.710. The van der Waals surface area contributed by atoms with Crippen molar-refractivity contribution in [1.82, 2.24) is 9.80 Å². The van der Waals surface area contributed by atoms with Crippen LogP contribution in [0.1, 0.15) is 20.3 Å². The monoisotopic (exact) mass is 232 g/mol. The average Bonchev–Trinajstić information content (AvgIpc) is 2.22. The van der Waals surface area contributed by atoms with Crippen LogP contribution >= 0.6 is 0 Å². The number of carboxylic acid groups (broad SMARTS) is 1. The van der Waals surface area contributed by atoms with Crippen LogP contribution in [0.3, 0.4) is 0 Å². The molecule has 0 saturated carbocycles. The first kappa shape index (κ1) is 14.7. The molecule has 6 nitrogen and oxygen atoms in total. The molecule has 0 aliphatic heterocycles. The molecule has 2 N–H and O–H groups in total. The van der Waals surface area contributed by atoms with Crippen LogP contribution in [0.4, 0.5) is 4.79 Å². The van der Waals surface area contributed by atoms with Gasteiger partial charge in [-0.25, -0.2) is 9.59 Å². The predicted octanol–water partition coefficient (Wildman–Crippen LogP) is 0.214. The highest BCUT2D eigenvalue weighted by atomic mass is 16.4. The number of carbonyl (C=O) groups is 2. The lowest BCUT2D eigenvalue weighted by Gasteiger charge is -2.27. The van der Waals surface area contributed by atoms with Crippen molar-refractivity contribution >= 4 is 12.0 Å². The van der Waals surface area contributed by atoms with Crippen LogP contribution in [0.15, 0.2) is 0 Å². The zero-order chi connectivity index (χ0) is 12.9. The van der Waals surface area contributed by atoms with E-state index in [4.69, 9.17) is 10.2 Å². The Labute approximate surface area is 95.5 Å². The summed E-state index contributed by atoms with van der Waals surface area (Å²) in [5, 5.41) is 17.8. The molecule has 0 aromatic carbocycles. The van der Waals surface area contributed by atoms with Crippen LogP contribution in [0, 0.1) is 0 Å². The molecule has 0 aliphatic rings. The second-order valence-corrected chi connectivity index (χ2v) is 3.97. The van der Waals surface area contributed by atoms with Gasteiger partial charge in [0.05, 0.1) is 6.10 Å². The minimum Gasteiger partial charge on any atom is -0.480 e. The summed E-state index contributed by atoms with van der Waals surface area (Å²) in [6, 6.07) is -1.22. The fourth-order valence-electron chi connectivity index (χ4n) is 1.08. The van der Waals surface area contributed by atoms with Gasteiger partial charge in [0.25, 0.3) is 0 Å². The molecule has 0 radical (unpaired) electrons. The number of aliphatic hydroxyl groups is 1. The van der Waals surface area contributed by atoms with E-state index >= 15 is 0 Å². The van der Waals surface area contributed by atoms with Crippen molar-refractivity contribution in [3.8, 4) is 0 Å². The molecule has 0 rings (SSSR count). The molecule has 16 heavy (non-hydrogen) atoms. The molecule has 0 aromatic heterocycles. The molecule has 0 spiro atoms. The summed E-state index contributed by atoms with van der Waals surface area (Å²) in [7, 11) is 3.02. The highest BCUT2D eigenvalue weighted by Crippen LogP contribution is 2.02. The number of amides is 2. The van der Waals surface area contributed by atoms with Gasteiger partial charge in [0.2, 0.25) is 0 Å². The number of carbonyl (C=O) groups excluding carboxylic acids is 1. The lowest BCUT2D eigenvalue weighted by Crippen LogP contribution is -2.46. The fourth-order valence-corrected chi connectivity index (χ4v) is 1.08. The highest BCUT2D eigenvalue weighted by Gasteiger charge is 2.23. The number of rotatable bonds is 5. The van der Waals surface area contributed by atoms with Crippen molar-refractivity contribution in [3.05, 3.63) is 0 Å². The van der Waals surface area contributed by atoms with Crippen LogP contribution in [-0.2, 0) is 4.79 Å². The summed E-state index contributed by atoms with van der Waals surface area (Å²) in [6.45, 7) is 3.48. The number of carboxylic acids is 1. The third-order valence-corrected chi connectivity index (χ3v) is 2.45. The van der Waals surface area contributed by atoms with E-state index in [9.17, 15) is 9.59 Å². The molecular weight excluding hydrogens is 212 g/mol. The average molecular weight is 232 g/mol. The van der Waals surface area contributed by atoms with Crippen molar-refractivity contribution in [1.29, 1.82) is 0 Å². The smallest absolute Gasteiger partial charge is 0.326 e. The van der Waals surface area contributed by atoms with Crippen LogP contribution in [0.2, 0.25) is 0 Å². The van der Waals surface area contributed by atoms with Gasteiger partial charge in [-0.3, -0.25) is 0 Å². The van der Waals surface area contributed by atoms with Crippen LogP contribution in [-0.4, -0.2) is 64.8 Å². The number of urea groups is 1. The van der Waals surface area contributed by atoms with Crippen molar-refractivity contribution < 1.29 is 19.8 Å². The number of aliphatic hydroxyl groups excluding tert-OH is 1. The van der Waals surface area contributed by atoms with E-state index in [1.165, 1.54) is 18.9 Å². The summed E-state index contributed by atoms with van der Waals surface area (Å²) in [5.41, 5.74) is 0. The number of aliphatic carboxylic acids is 1. The zero-order valence-electron chi connectivity index (χ0n) is 10.2. The lowest BCUT2D eigenvalue weighted by molar-refractivity contribution is -0.141. The zero-order valence-corrected chi connectivity index (χ0v) is 10.2. The Morgan fingerprint density at radius 3 is 2.12 bits per heavy atom. The van der Waals surface area contributed by atoms with Crippen molar-refractivity contribution in [2.45, 2.75) is 32.4 Å². The summed E-state index contributed by atoms with van der Waals surface area (Å²) in [4.78, 5) is 24.9. The first-order chi connectivity index (χ1) is 7.27. The molecule has 0 saturated heterocycles. The number of hydrogen-bond donors (Lipinski definition) is 2. The van der Waals surface area contributed by atoms with Crippen LogP contribution in [0.5, 0.6) is 0 Å². The first-order valence-corrected chi connectivity index (χ1v) is 5.16. The molecule has 2 unspecified atom stereocenters. The van der Waals surface area contributed by atoms with Gasteiger partial charge in [0.15, 0.2) is 0 Å². The van der Waals surface area contributed by atoms with Gasteiger partial charge < -0.3 is 20.0 Å². The minimum atomic E-state index is -1.04. The number of hydrogen-bond acceptors (Lipinski definition) is 3. The highest BCUT2D eigenvalue weighted by molar-refractivity contribution is 5.82. The Kier molecular flexibility index (Phi) is 5.81. The number of nitrogens with zero attached hydrogens (tertiary/aromatic N) is 2. The predicted molar refractivity (Wildman–Crippen MR) is 59.2 cm³/mol. The first-order valence-electron chi connectivity index (χ1n) is 5.16. The topological polar surface area (TPSA) is 81.1 Å². The van der Waals surface area contributed by atoms with Gasteiger partial charge in [-0.05, 0) is 20.3 Å². The lowest BCUT2D eigenvalue weighted by atomic mass is 10.3. The Bertz CT molecular complexity index is 255. The van der Waals surface area contributed by atoms with Gasteiger partial charge >= 0.3 is 12.0 Å². The maximum atomic E-state index is 11.7. The standard InChI is InChI=1S/C10H20N2O4/c1-7(13)5-6-11(3)10(16)12(4)8(2)9(14)15/h7-8,13H,5-6H2,1-4H3,(H,14,15). The van der Waals surface area contributed by atoms with Crippen molar-refractivity contribution in [2.24, 2.45) is 0 Å². The van der Waals surface area contributed by atoms with Gasteiger partial charge in [-0.1, -0.05) is 0 Å². The van der Waals surface area contributed by atoms with E-state index in [0.29, 0.717) is 13.0 Å².